The third-order valence-electron chi connectivity index (χ3n) is 4.94. The van der Waals surface area contributed by atoms with Gasteiger partial charge in [0.15, 0.2) is 0 Å². The third-order valence-corrected chi connectivity index (χ3v) is 6.75. The molecule has 0 fully saturated rings. The van der Waals surface area contributed by atoms with Crippen LogP contribution in [0.1, 0.15) is 18.5 Å². The van der Waals surface area contributed by atoms with Crippen molar-refractivity contribution >= 4 is 21.6 Å². The van der Waals surface area contributed by atoms with Crippen molar-refractivity contribution < 1.29 is 17.6 Å². The highest BCUT2D eigenvalue weighted by Crippen LogP contribution is 2.43. The Balaban J connectivity index is 1.68. The van der Waals surface area contributed by atoms with Gasteiger partial charge in [0.05, 0.1) is 16.6 Å². The first-order valence-corrected chi connectivity index (χ1v) is 10.6. The molecule has 1 amide bonds. The Kier molecular flexibility index (Phi) is 4.84. The lowest BCUT2D eigenvalue weighted by molar-refractivity contribution is -0.120. The Hall–Kier alpha value is -3.19. The van der Waals surface area contributed by atoms with Crippen molar-refractivity contribution in [2.75, 3.05) is 10.8 Å². The van der Waals surface area contributed by atoms with Crippen LogP contribution >= 0.6 is 0 Å². The summed E-state index contributed by atoms with van der Waals surface area (Å²) in [6, 6.07) is 19.4. The van der Waals surface area contributed by atoms with Gasteiger partial charge in [0, 0.05) is 11.1 Å². The molecule has 4 rings (SSSR count). The highest BCUT2D eigenvalue weighted by Gasteiger charge is 2.36. The molecule has 0 radical (unpaired) electrons. The summed E-state index contributed by atoms with van der Waals surface area (Å²) in [7, 11) is -3.95. The molecule has 1 atom stereocenters. The van der Waals surface area contributed by atoms with Gasteiger partial charge in [-0.1, -0.05) is 48.5 Å². The third kappa shape index (κ3) is 3.49. The van der Waals surface area contributed by atoms with Crippen LogP contribution in [-0.2, 0) is 14.8 Å². The summed E-state index contributed by atoms with van der Waals surface area (Å²) in [5, 5.41) is 2.83. The number of hydrogen-bond donors (Lipinski definition) is 1. The minimum Gasteiger partial charge on any atom is -0.348 e. The minimum atomic E-state index is -3.95. The summed E-state index contributed by atoms with van der Waals surface area (Å²) >= 11 is 0. The number of nitrogens with zero attached hydrogens (tertiary/aromatic N) is 1. The van der Waals surface area contributed by atoms with E-state index in [2.05, 4.69) is 5.32 Å². The van der Waals surface area contributed by atoms with Gasteiger partial charge in [-0.25, -0.2) is 12.8 Å². The maximum absolute atomic E-state index is 13.9. The predicted molar refractivity (Wildman–Crippen MR) is 109 cm³/mol. The lowest BCUT2D eigenvalue weighted by Gasteiger charge is -2.32. The molecule has 0 saturated carbocycles. The number of halogens is 1. The summed E-state index contributed by atoms with van der Waals surface area (Å²) in [6.45, 7) is 1.43. The summed E-state index contributed by atoms with van der Waals surface area (Å²) in [5.74, 6) is -0.917. The van der Waals surface area contributed by atoms with Crippen LogP contribution in [0.4, 0.5) is 10.1 Å². The molecule has 3 aromatic carbocycles. The zero-order chi connectivity index (χ0) is 20.6. The van der Waals surface area contributed by atoms with Crippen molar-refractivity contribution in [1.82, 2.24) is 5.32 Å². The van der Waals surface area contributed by atoms with E-state index in [4.69, 9.17) is 0 Å². The van der Waals surface area contributed by atoms with Crippen molar-refractivity contribution in [3.8, 4) is 11.1 Å². The standard InChI is InChI=1S/C22H19FN2O3S/c1-15(16-7-3-2-4-8-16)24-22(26)14-25-20-12-11-17(23)13-19(20)18-9-5-6-10-21(18)29(25,27)28/h2-13,15H,14H2,1H3,(H,24,26). The second-order valence-electron chi connectivity index (χ2n) is 6.87. The number of anilines is 1. The van der Waals surface area contributed by atoms with Gasteiger partial charge in [0.2, 0.25) is 5.91 Å². The van der Waals surface area contributed by atoms with E-state index in [1.54, 1.807) is 18.2 Å². The second kappa shape index (κ2) is 7.33. The van der Waals surface area contributed by atoms with Gasteiger partial charge >= 0.3 is 0 Å². The normalized spacial score (nSPS) is 15.2. The van der Waals surface area contributed by atoms with E-state index in [0.29, 0.717) is 11.1 Å². The van der Waals surface area contributed by atoms with Gasteiger partial charge in [0.25, 0.3) is 10.0 Å². The number of benzene rings is 3. The van der Waals surface area contributed by atoms with Crippen molar-refractivity contribution in [3.05, 3.63) is 84.2 Å². The first kappa shape index (κ1) is 19.1. The summed E-state index contributed by atoms with van der Waals surface area (Å²) in [6.07, 6.45) is 0. The van der Waals surface area contributed by atoms with E-state index in [9.17, 15) is 17.6 Å². The van der Waals surface area contributed by atoms with Gasteiger partial charge < -0.3 is 5.32 Å². The Bertz CT molecular complexity index is 1180. The summed E-state index contributed by atoms with van der Waals surface area (Å²) in [4.78, 5) is 12.7. The molecule has 1 aliphatic rings. The highest BCUT2D eigenvalue weighted by molar-refractivity contribution is 7.93. The van der Waals surface area contributed by atoms with Crippen molar-refractivity contribution in [2.24, 2.45) is 0 Å². The lowest BCUT2D eigenvalue weighted by Crippen LogP contribution is -2.43. The zero-order valence-electron chi connectivity index (χ0n) is 15.7. The van der Waals surface area contributed by atoms with Gasteiger partial charge in [-0.2, -0.15) is 0 Å². The van der Waals surface area contributed by atoms with Crippen LogP contribution in [0.2, 0.25) is 0 Å². The molecule has 1 unspecified atom stereocenters. The average Bonchev–Trinajstić information content (AvgIpc) is 2.72. The van der Waals surface area contributed by atoms with Crippen LogP contribution < -0.4 is 9.62 Å². The fourth-order valence-corrected chi connectivity index (χ4v) is 5.17. The molecule has 0 saturated heterocycles. The zero-order valence-corrected chi connectivity index (χ0v) is 16.5. The second-order valence-corrected chi connectivity index (χ2v) is 8.70. The van der Waals surface area contributed by atoms with E-state index in [0.717, 1.165) is 9.87 Å². The van der Waals surface area contributed by atoms with Gasteiger partial charge in [-0.15, -0.1) is 0 Å². The average molecular weight is 410 g/mol. The molecule has 5 nitrogen and oxygen atoms in total. The molecule has 1 N–H and O–H groups in total. The molecule has 1 heterocycles. The molecule has 0 aliphatic carbocycles. The first-order chi connectivity index (χ1) is 13.9. The quantitative estimate of drug-likeness (QED) is 0.710. The van der Waals surface area contributed by atoms with Crippen LogP contribution in [-0.4, -0.2) is 20.9 Å². The molecule has 0 aromatic heterocycles. The van der Waals surface area contributed by atoms with E-state index < -0.39 is 28.3 Å². The monoisotopic (exact) mass is 410 g/mol. The number of carbonyl (C=O) groups excluding carboxylic acids is 1. The minimum absolute atomic E-state index is 0.0574. The largest absolute Gasteiger partial charge is 0.348 e. The van der Waals surface area contributed by atoms with Crippen LogP contribution in [0.25, 0.3) is 11.1 Å². The van der Waals surface area contributed by atoms with Crippen LogP contribution in [0, 0.1) is 5.82 Å². The van der Waals surface area contributed by atoms with Crippen molar-refractivity contribution in [3.63, 3.8) is 0 Å². The number of hydrogen-bond acceptors (Lipinski definition) is 3. The molecule has 148 valence electrons. The first-order valence-electron chi connectivity index (χ1n) is 9.14. The maximum atomic E-state index is 13.9. The molecule has 0 spiro atoms. The molecule has 3 aromatic rings. The summed E-state index contributed by atoms with van der Waals surface area (Å²) < 4.78 is 41.3. The summed E-state index contributed by atoms with van der Waals surface area (Å²) in [5.41, 5.74) is 2.07. The molecule has 29 heavy (non-hydrogen) atoms. The van der Waals surface area contributed by atoms with Crippen molar-refractivity contribution in [1.29, 1.82) is 0 Å². The highest BCUT2D eigenvalue weighted by atomic mass is 32.2. The van der Waals surface area contributed by atoms with E-state index >= 15 is 0 Å². The topological polar surface area (TPSA) is 66.5 Å². The number of rotatable bonds is 4. The molecule has 7 heteroatoms. The Labute approximate surface area is 168 Å². The molecule has 0 bridgehead atoms. The van der Waals surface area contributed by atoms with Gasteiger partial charge in [-0.05, 0) is 36.8 Å². The van der Waals surface area contributed by atoms with E-state index in [1.165, 1.54) is 24.3 Å². The van der Waals surface area contributed by atoms with Crippen molar-refractivity contribution in [2.45, 2.75) is 17.9 Å². The molecule has 1 aliphatic heterocycles. The smallest absolute Gasteiger partial charge is 0.265 e. The maximum Gasteiger partial charge on any atom is 0.265 e. The lowest BCUT2D eigenvalue weighted by atomic mass is 10.0. The number of fused-ring (bicyclic) bond motifs is 3. The predicted octanol–water partition coefficient (Wildman–Crippen LogP) is 3.88. The van der Waals surface area contributed by atoms with Crippen LogP contribution in [0.3, 0.4) is 0 Å². The Morgan fingerprint density at radius 3 is 2.45 bits per heavy atom. The number of amides is 1. The fourth-order valence-electron chi connectivity index (χ4n) is 3.52. The Morgan fingerprint density at radius 1 is 1.00 bits per heavy atom. The number of sulfonamides is 1. The van der Waals surface area contributed by atoms with Crippen LogP contribution in [0.5, 0.6) is 0 Å². The fraction of sp³-hybridized carbons (Fsp3) is 0.136. The van der Waals surface area contributed by atoms with E-state index in [-0.39, 0.29) is 16.6 Å². The molecular weight excluding hydrogens is 391 g/mol. The van der Waals surface area contributed by atoms with Crippen LogP contribution in [0.15, 0.2) is 77.7 Å². The number of carbonyl (C=O) groups is 1. The number of nitrogens with one attached hydrogen (secondary N) is 1. The van der Waals surface area contributed by atoms with E-state index in [1.807, 2.05) is 37.3 Å². The SMILES string of the molecule is CC(NC(=O)CN1c2ccc(F)cc2-c2ccccc2S1(=O)=O)c1ccccc1. The van der Waals surface area contributed by atoms with Gasteiger partial charge in [-0.3, -0.25) is 9.10 Å². The Morgan fingerprint density at radius 2 is 1.69 bits per heavy atom. The molecular formula is C22H19FN2O3S. The van der Waals surface area contributed by atoms with Gasteiger partial charge in [0.1, 0.15) is 12.4 Å².